The van der Waals surface area contributed by atoms with Crippen LogP contribution in [0.5, 0.6) is 0 Å². The maximum atomic E-state index is 4.37. The molecule has 1 aliphatic rings. The van der Waals surface area contributed by atoms with E-state index in [0.29, 0.717) is 6.04 Å². The topological polar surface area (TPSA) is 18.8 Å². The van der Waals surface area contributed by atoms with E-state index in [1.54, 1.807) is 0 Å². The molecule has 0 aromatic heterocycles. The molecule has 0 fully saturated rings. The summed E-state index contributed by atoms with van der Waals surface area (Å²) in [6.07, 6.45) is 4.02. The lowest BCUT2D eigenvalue weighted by Gasteiger charge is -2.28. The van der Waals surface area contributed by atoms with Crippen LogP contribution in [0, 0.1) is 0 Å². The minimum atomic E-state index is 0.413. The van der Waals surface area contributed by atoms with Crippen molar-refractivity contribution in [2.45, 2.75) is 19.9 Å². The van der Waals surface area contributed by atoms with Crippen molar-refractivity contribution in [1.29, 1.82) is 0 Å². The Hall–Kier alpha value is -1.25. The Morgan fingerprint density at radius 3 is 2.46 bits per heavy atom. The monoisotopic (exact) mass is 179 g/mol. The van der Waals surface area contributed by atoms with Gasteiger partial charge in [0.15, 0.2) is 0 Å². The molecular formula is C10H17N3. The van der Waals surface area contributed by atoms with Gasteiger partial charge in [0, 0.05) is 26.3 Å². The molecule has 0 aliphatic carbocycles. The lowest BCUT2D eigenvalue weighted by molar-refractivity contribution is 0.377. The number of amidine groups is 1. The van der Waals surface area contributed by atoms with Crippen molar-refractivity contribution in [1.82, 2.24) is 9.80 Å². The Kier molecular flexibility index (Phi) is 2.76. The Morgan fingerprint density at radius 2 is 2.08 bits per heavy atom. The van der Waals surface area contributed by atoms with Gasteiger partial charge in [0.05, 0.1) is 0 Å². The quantitative estimate of drug-likeness (QED) is 0.609. The van der Waals surface area contributed by atoms with Gasteiger partial charge >= 0.3 is 0 Å². The van der Waals surface area contributed by atoms with Crippen molar-refractivity contribution in [3.8, 4) is 0 Å². The van der Waals surface area contributed by atoms with Crippen molar-refractivity contribution >= 4 is 5.84 Å². The molecule has 3 heteroatoms. The molecule has 3 nitrogen and oxygen atoms in total. The van der Waals surface area contributed by atoms with Gasteiger partial charge in [-0.25, -0.2) is 4.99 Å². The molecule has 0 aromatic carbocycles. The van der Waals surface area contributed by atoms with Crippen LogP contribution >= 0.6 is 0 Å². The Balaban J connectivity index is 2.79. The van der Waals surface area contributed by atoms with Gasteiger partial charge in [-0.3, -0.25) is 0 Å². The van der Waals surface area contributed by atoms with Crippen LogP contribution in [0.4, 0.5) is 0 Å². The summed E-state index contributed by atoms with van der Waals surface area (Å²) in [5, 5.41) is 0. The minimum Gasteiger partial charge on any atom is -0.363 e. The third kappa shape index (κ3) is 2.11. The van der Waals surface area contributed by atoms with Crippen LogP contribution in [0.25, 0.3) is 0 Å². The molecule has 0 aromatic rings. The lowest BCUT2D eigenvalue weighted by atomic mass is 10.3. The molecule has 0 unspecified atom stereocenters. The van der Waals surface area contributed by atoms with Crippen molar-refractivity contribution in [3.05, 3.63) is 24.7 Å². The summed E-state index contributed by atoms with van der Waals surface area (Å²) in [6, 6.07) is 0.413. The second-order valence-electron chi connectivity index (χ2n) is 3.60. The van der Waals surface area contributed by atoms with E-state index >= 15 is 0 Å². The smallest absolute Gasteiger partial charge is 0.131 e. The van der Waals surface area contributed by atoms with Crippen LogP contribution in [-0.2, 0) is 0 Å². The number of hydrogen-bond donors (Lipinski definition) is 0. The van der Waals surface area contributed by atoms with Crippen molar-refractivity contribution in [2.75, 3.05) is 14.1 Å². The zero-order valence-electron chi connectivity index (χ0n) is 8.78. The van der Waals surface area contributed by atoms with E-state index in [1.165, 1.54) is 0 Å². The summed E-state index contributed by atoms with van der Waals surface area (Å²) in [5.41, 5.74) is 0. The third-order valence-electron chi connectivity index (χ3n) is 1.94. The van der Waals surface area contributed by atoms with Crippen LogP contribution < -0.4 is 0 Å². The molecule has 0 atom stereocenters. The second kappa shape index (κ2) is 3.64. The van der Waals surface area contributed by atoms with Gasteiger partial charge in [-0.1, -0.05) is 6.58 Å². The predicted molar refractivity (Wildman–Crippen MR) is 56.4 cm³/mol. The van der Waals surface area contributed by atoms with Gasteiger partial charge in [0.2, 0.25) is 0 Å². The van der Waals surface area contributed by atoms with Crippen LogP contribution in [-0.4, -0.2) is 35.8 Å². The van der Waals surface area contributed by atoms with Crippen molar-refractivity contribution in [2.24, 2.45) is 4.99 Å². The third-order valence-corrected chi connectivity index (χ3v) is 1.94. The first-order chi connectivity index (χ1) is 6.02. The normalized spacial score (nSPS) is 16.5. The van der Waals surface area contributed by atoms with Gasteiger partial charge in [0.1, 0.15) is 11.7 Å². The Labute approximate surface area is 80.1 Å². The fraction of sp³-hybridized carbons (Fsp3) is 0.500. The number of likely N-dealkylation sites (N-methyl/N-ethyl adjacent to an activating group) is 1. The maximum Gasteiger partial charge on any atom is 0.131 e. The Morgan fingerprint density at radius 1 is 1.46 bits per heavy atom. The molecular weight excluding hydrogens is 162 g/mol. The van der Waals surface area contributed by atoms with E-state index in [0.717, 1.165) is 11.7 Å². The zero-order chi connectivity index (χ0) is 10.0. The SMILES string of the molecule is C=C1N=C(N(C)C)C=CN1C(C)C. The zero-order valence-corrected chi connectivity index (χ0v) is 8.78. The largest absolute Gasteiger partial charge is 0.363 e. The molecule has 1 heterocycles. The van der Waals surface area contributed by atoms with Crippen molar-refractivity contribution < 1.29 is 0 Å². The average molecular weight is 179 g/mol. The second-order valence-corrected chi connectivity index (χ2v) is 3.60. The molecule has 0 bridgehead atoms. The van der Waals surface area contributed by atoms with E-state index in [-0.39, 0.29) is 0 Å². The molecule has 13 heavy (non-hydrogen) atoms. The summed E-state index contributed by atoms with van der Waals surface area (Å²) < 4.78 is 0. The minimum absolute atomic E-state index is 0.413. The fourth-order valence-electron chi connectivity index (χ4n) is 1.18. The number of aliphatic imine (C=N–C) groups is 1. The number of nitrogens with zero attached hydrogens (tertiary/aromatic N) is 3. The molecule has 0 saturated carbocycles. The van der Waals surface area contributed by atoms with E-state index in [1.807, 2.05) is 36.2 Å². The first-order valence-electron chi connectivity index (χ1n) is 4.44. The molecule has 0 spiro atoms. The average Bonchev–Trinajstić information content (AvgIpc) is 2.03. The van der Waals surface area contributed by atoms with Crippen LogP contribution in [0.1, 0.15) is 13.8 Å². The first kappa shape index (κ1) is 9.84. The van der Waals surface area contributed by atoms with E-state index < -0.39 is 0 Å². The summed E-state index contributed by atoms with van der Waals surface area (Å²) >= 11 is 0. The van der Waals surface area contributed by atoms with Gasteiger partial charge in [0.25, 0.3) is 0 Å². The summed E-state index contributed by atoms with van der Waals surface area (Å²) in [6.45, 7) is 8.14. The molecule has 1 rings (SSSR count). The first-order valence-corrected chi connectivity index (χ1v) is 4.44. The highest BCUT2D eigenvalue weighted by Crippen LogP contribution is 2.14. The molecule has 0 amide bonds. The van der Waals surface area contributed by atoms with Crippen LogP contribution in [0.3, 0.4) is 0 Å². The molecule has 0 N–H and O–H groups in total. The van der Waals surface area contributed by atoms with Gasteiger partial charge in [-0.05, 0) is 19.9 Å². The number of rotatable bonds is 1. The lowest BCUT2D eigenvalue weighted by Crippen LogP contribution is -2.30. The van der Waals surface area contributed by atoms with Gasteiger partial charge < -0.3 is 9.80 Å². The summed E-state index contributed by atoms with van der Waals surface area (Å²) in [4.78, 5) is 8.39. The predicted octanol–water partition coefficient (Wildman–Crippen LogP) is 1.66. The number of hydrogen-bond acceptors (Lipinski definition) is 3. The maximum absolute atomic E-state index is 4.37. The molecule has 0 saturated heterocycles. The van der Waals surface area contributed by atoms with Crippen LogP contribution in [0.2, 0.25) is 0 Å². The highest BCUT2D eigenvalue weighted by Gasteiger charge is 2.13. The summed E-state index contributed by atoms with van der Waals surface area (Å²) in [7, 11) is 3.95. The van der Waals surface area contributed by atoms with E-state index in [4.69, 9.17) is 0 Å². The highest BCUT2D eigenvalue weighted by atomic mass is 15.3. The molecule has 72 valence electrons. The van der Waals surface area contributed by atoms with E-state index in [2.05, 4.69) is 25.4 Å². The molecule has 0 radical (unpaired) electrons. The standard InChI is InChI=1S/C10H17N3/c1-8(2)13-7-6-10(12(4)5)11-9(13)3/h6-8H,3H2,1-2,4-5H3. The Bertz CT molecular complexity index is 261. The fourth-order valence-corrected chi connectivity index (χ4v) is 1.18. The molecule has 1 aliphatic heterocycles. The van der Waals surface area contributed by atoms with Gasteiger partial charge in [-0.15, -0.1) is 0 Å². The van der Waals surface area contributed by atoms with Crippen molar-refractivity contribution in [3.63, 3.8) is 0 Å². The van der Waals surface area contributed by atoms with E-state index in [9.17, 15) is 0 Å². The van der Waals surface area contributed by atoms with Crippen LogP contribution in [0.15, 0.2) is 29.7 Å². The highest BCUT2D eigenvalue weighted by molar-refractivity contribution is 5.93. The summed E-state index contributed by atoms with van der Waals surface area (Å²) in [5.74, 6) is 1.75. The van der Waals surface area contributed by atoms with Gasteiger partial charge in [-0.2, -0.15) is 0 Å².